The Labute approximate surface area is 66.6 Å². The van der Waals surface area contributed by atoms with E-state index < -0.39 is 0 Å². The third-order valence-electron chi connectivity index (χ3n) is 1.57. The second-order valence-corrected chi connectivity index (χ2v) is 2.38. The Morgan fingerprint density at radius 3 is 2.27 bits per heavy atom. The molecule has 0 aliphatic heterocycles. The first kappa shape index (κ1) is 7.88. The van der Waals surface area contributed by atoms with Gasteiger partial charge in [-0.3, -0.25) is 0 Å². The van der Waals surface area contributed by atoms with Crippen LogP contribution in [0.25, 0.3) is 0 Å². The van der Waals surface area contributed by atoms with Crippen molar-refractivity contribution in [1.29, 1.82) is 0 Å². The number of rotatable bonds is 2. The minimum absolute atomic E-state index is 0.762. The average Bonchev–Trinajstić information content (AvgIpc) is 2.05. The molecule has 0 unspecified atom stereocenters. The van der Waals surface area contributed by atoms with Gasteiger partial charge in [0.15, 0.2) is 0 Å². The van der Waals surface area contributed by atoms with Crippen LogP contribution in [0, 0.1) is 0 Å². The zero-order chi connectivity index (χ0) is 8.27. The van der Waals surface area contributed by atoms with Crippen molar-refractivity contribution < 1.29 is 0 Å². The predicted molar refractivity (Wildman–Crippen MR) is 48.1 cm³/mol. The first-order valence-electron chi connectivity index (χ1n) is 3.62. The Morgan fingerprint density at radius 1 is 1.27 bits per heavy atom. The van der Waals surface area contributed by atoms with E-state index in [1.165, 1.54) is 0 Å². The van der Waals surface area contributed by atoms with Gasteiger partial charge in [0.05, 0.1) is 5.69 Å². The summed E-state index contributed by atoms with van der Waals surface area (Å²) < 4.78 is 0. The Hall–Kier alpha value is -1.22. The third-order valence-corrected chi connectivity index (χ3v) is 1.57. The smallest absolute Gasteiger partial charge is 0.0518 e. The van der Waals surface area contributed by atoms with Gasteiger partial charge in [0, 0.05) is 12.2 Å². The second kappa shape index (κ2) is 3.25. The molecule has 0 aromatic heterocycles. The summed E-state index contributed by atoms with van der Waals surface area (Å²) in [5.41, 5.74) is 7.26. The van der Waals surface area contributed by atoms with E-state index in [9.17, 15) is 0 Å². The summed E-state index contributed by atoms with van der Waals surface area (Å²) in [6.07, 6.45) is 0. The summed E-state index contributed by atoms with van der Waals surface area (Å²) in [6.45, 7) is 2.79. The molecule has 1 rings (SSSR count). The van der Waals surface area contributed by atoms with Crippen LogP contribution in [0.3, 0.4) is 0 Å². The van der Waals surface area contributed by atoms with Crippen molar-refractivity contribution in [3.05, 3.63) is 24.3 Å². The molecule has 0 aliphatic rings. The van der Waals surface area contributed by atoms with Crippen molar-refractivity contribution in [3.63, 3.8) is 0 Å². The van der Waals surface area contributed by atoms with Crippen LogP contribution in [-0.2, 0) is 0 Å². The second-order valence-electron chi connectivity index (χ2n) is 2.38. The van der Waals surface area contributed by atoms with Crippen molar-refractivity contribution in [1.82, 2.24) is 0 Å². The number of benzene rings is 1. The average molecular weight is 151 g/mol. The standard InChI is InChI=1S/C8H13N3/c1-2-11(10)8-5-3-7(9)4-6-8/h3-6H,2,9-10H2,1H3. The molecule has 0 aliphatic carbocycles. The monoisotopic (exact) mass is 151 g/mol. The van der Waals surface area contributed by atoms with Gasteiger partial charge in [0.1, 0.15) is 0 Å². The molecule has 0 atom stereocenters. The number of nitrogens with two attached hydrogens (primary N) is 2. The van der Waals surface area contributed by atoms with Crippen LogP contribution < -0.4 is 16.6 Å². The Kier molecular flexibility index (Phi) is 2.33. The molecule has 0 heterocycles. The molecular weight excluding hydrogens is 138 g/mol. The number of nitrogen functional groups attached to an aromatic ring is 1. The van der Waals surface area contributed by atoms with Gasteiger partial charge in [0.25, 0.3) is 0 Å². The van der Waals surface area contributed by atoms with E-state index in [1.54, 1.807) is 5.01 Å². The fourth-order valence-corrected chi connectivity index (χ4v) is 0.848. The molecule has 0 radical (unpaired) electrons. The van der Waals surface area contributed by atoms with Crippen molar-refractivity contribution in [2.45, 2.75) is 6.92 Å². The minimum atomic E-state index is 0.762. The molecule has 1 aromatic rings. The van der Waals surface area contributed by atoms with Crippen LogP contribution in [-0.4, -0.2) is 6.54 Å². The number of nitrogens with zero attached hydrogens (tertiary/aromatic N) is 1. The van der Waals surface area contributed by atoms with Crippen molar-refractivity contribution in [2.75, 3.05) is 17.3 Å². The van der Waals surface area contributed by atoms with Gasteiger partial charge in [-0.15, -0.1) is 0 Å². The normalized spacial score (nSPS) is 9.64. The maximum absolute atomic E-state index is 5.64. The van der Waals surface area contributed by atoms with Crippen LogP contribution in [0.1, 0.15) is 6.92 Å². The van der Waals surface area contributed by atoms with E-state index in [2.05, 4.69) is 0 Å². The van der Waals surface area contributed by atoms with E-state index in [1.807, 2.05) is 31.2 Å². The maximum Gasteiger partial charge on any atom is 0.0518 e. The molecule has 11 heavy (non-hydrogen) atoms. The van der Waals surface area contributed by atoms with Crippen LogP contribution in [0.2, 0.25) is 0 Å². The van der Waals surface area contributed by atoms with Crippen LogP contribution in [0.4, 0.5) is 11.4 Å². The molecule has 4 N–H and O–H groups in total. The minimum Gasteiger partial charge on any atom is -0.399 e. The summed E-state index contributed by atoms with van der Waals surface area (Å²) in [6, 6.07) is 7.48. The van der Waals surface area contributed by atoms with Gasteiger partial charge >= 0.3 is 0 Å². The number of anilines is 2. The van der Waals surface area contributed by atoms with Crippen LogP contribution >= 0.6 is 0 Å². The first-order chi connectivity index (χ1) is 5.24. The van der Waals surface area contributed by atoms with E-state index in [0.717, 1.165) is 17.9 Å². The Balaban J connectivity index is 2.81. The van der Waals surface area contributed by atoms with Crippen molar-refractivity contribution in [2.24, 2.45) is 5.84 Å². The zero-order valence-electron chi connectivity index (χ0n) is 6.62. The number of hydrogen-bond acceptors (Lipinski definition) is 3. The van der Waals surface area contributed by atoms with Gasteiger partial charge in [-0.1, -0.05) is 0 Å². The van der Waals surface area contributed by atoms with Gasteiger partial charge in [0.2, 0.25) is 0 Å². The largest absolute Gasteiger partial charge is 0.399 e. The molecule has 0 fully saturated rings. The van der Waals surface area contributed by atoms with E-state index in [4.69, 9.17) is 11.6 Å². The number of hydrogen-bond donors (Lipinski definition) is 2. The molecule has 0 amide bonds. The summed E-state index contributed by atoms with van der Waals surface area (Å²) in [7, 11) is 0. The lowest BCUT2D eigenvalue weighted by atomic mass is 10.3. The molecule has 0 spiro atoms. The Bertz CT molecular complexity index is 217. The molecule has 0 saturated carbocycles. The fourth-order valence-electron chi connectivity index (χ4n) is 0.848. The molecular formula is C8H13N3. The van der Waals surface area contributed by atoms with Crippen LogP contribution in [0.15, 0.2) is 24.3 Å². The SMILES string of the molecule is CCN(N)c1ccc(N)cc1. The van der Waals surface area contributed by atoms with Crippen molar-refractivity contribution >= 4 is 11.4 Å². The quantitative estimate of drug-likeness (QED) is 0.376. The van der Waals surface area contributed by atoms with E-state index in [0.29, 0.717) is 0 Å². The first-order valence-corrected chi connectivity index (χ1v) is 3.62. The van der Waals surface area contributed by atoms with E-state index in [-0.39, 0.29) is 0 Å². The summed E-state index contributed by atoms with van der Waals surface area (Å²) >= 11 is 0. The van der Waals surface area contributed by atoms with Gasteiger partial charge in [-0.05, 0) is 31.2 Å². The Morgan fingerprint density at radius 2 is 1.82 bits per heavy atom. The predicted octanol–water partition coefficient (Wildman–Crippen LogP) is 0.969. The molecule has 3 heteroatoms. The molecule has 60 valence electrons. The molecule has 0 bridgehead atoms. The third kappa shape index (κ3) is 1.85. The maximum atomic E-state index is 5.64. The van der Waals surface area contributed by atoms with Crippen molar-refractivity contribution in [3.8, 4) is 0 Å². The lowest BCUT2D eigenvalue weighted by molar-refractivity contribution is 0.892. The molecule has 3 nitrogen and oxygen atoms in total. The zero-order valence-corrected chi connectivity index (χ0v) is 6.62. The van der Waals surface area contributed by atoms with Gasteiger partial charge in [-0.2, -0.15) is 0 Å². The molecule has 1 aromatic carbocycles. The van der Waals surface area contributed by atoms with E-state index >= 15 is 0 Å². The summed E-state index contributed by atoms with van der Waals surface area (Å²) in [4.78, 5) is 0. The van der Waals surface area contributed by atoms with Crippen LogP contribution in [0.5, 0.6) is 0 Å². The van der Waals surface area contributed by atoms with Gasteiger partial charge in [-0.25, -0.2) is 5.84 Å². The lowest BCUT2D eigenvalue weighted by Gasteiger charge is -2.15. The highest BCUT2D eigenvalue weighted by Gasteiger charge is 1.95. The highest BCUT2D eigenvalue weighted by Crippen LogP contribution is 2.12. The fraction of sp³-hybridized carbons (Fsp3) is 0.250. The highest BCUT2D eigenvalue weighted by atomic mass is 15.4. The highest BCUT2D eigenvalue weighted by molar-refractivity contribution is 5.51. The van der Waals surface area contributed by atoms with Gasteiger partial charge < -0.3 is 10.7 Å². The number of hydrazine groups is 1. The molecule has 0 saturated heterocycles. The topological polar surface area (TPSA) is 55.3 Å². The lowest BCUT2D eigenvalue weighted by Crippen LogP contribution is -2.29. The summed E-state index contributed by atoms with van der Waals surface area (Å²) in [5.74, 6) is 5.64. The summed E-state index contributed by atoms with van der Waals surface area (Å²) in [5, 5.41) is 1.67.